The summed E-state index contributed by atoms with van der Waals surface area (Å²) in [7, 11) is 0. The molecule has 1 aromatic heterocycles. The first-order chi connectivity index (χ1) is 13.3. The van der Waals surface area contributed by atoms with E-state index in [9.17, 15) is 4.39 Å². The Bertz CT molecular complexity index is 976. The van der Waals surface area contributed by atoms with Gasteiger partial charge in [-0.15, -0.1) is 11.3 Å². The van der Waals surface area contributed by atoms with Gasteiger partial charge >= 0.3 is 0 Å². The number of hydrogen-bond donors (Lipinski definition) is 1. The number of halogens is 1. The molecule has 4 rings (SSSR count). The highest BCUT2D eigenvalue weighted by Gasteiger charge is 2.20. The summed E-state index contributed by atoms with van der Waals surface area (Å²) in [5.41, 5.74) is 5.74. The molecule has 27 heavy (non-hydrogen) atoms. The largest absolute Gasteiger partial charge is 0.375 e. The van der Waals surface area contributed by atoms with Crippen LogP contribution in [0.3, 0.4) is 0 Å². The Balaban J connectivity index is 1.80. The Morgan fingerprint density at radius 3 is 2.96 bits per heavy atom. The quantitative estimate of drug-likeness (QED) is 0.744. The van der Waals surface area contributed by atoms with E-state index in [1.165, 1.54) is 12.1 Å². The van der Waals surface area contributed by atoms with Crippen molar-refractivity contribution in [3.8, 4) is 27.6 Å². The number of ether oxygens (including phenoxy) is 1. The van der Waals surface area contributed by atoms with E-state index >= 15 is 0 Å². The van der Waals surface area contributed by atoms with Gasteiger partial charge in [0.25, 0.3) is 0 Å². The summed E-state index contributed by atoms with van der Waals surface area (Å²) in [6, 6.07) is 12.7. The molecule has 4 nitrogen and oxygen atoms in total. The van der Waals surface area contributed by atoms with Gasteiger partial charge in [-0.3, -0.25) is 4.98 Å². The van der Waals surface area contributed by atoms with E-state index in [1.54, 1.807) is 22.9 Å². The summed E-state index contributed by atoms with van der Waals surface area (Å²) in [4.78, 5) is 5.26. The Labute approximate surface area is 161 Å². The van der Waals surface area contributed by atoms with E-state index in [-0.39, 0.29) is 11.7 Å². The van der Waals surface area contributed by atoms with Crippen molar-refractivity contribution in [3.05, 3.63) is 65.0 Å². The molecule has 2 aromatic carbocycles. The van der Waals surface area contributed by atoms with Gasteiger partial charge in [-0.05, 0) is 28.8 Å². The fourth-order valence-electron chi connectivity index (χ4n) is 3.41. The predicted molar refractivity (Wildman–Crippen MR) is 104 cm³/mol. The number of benzene rings is 2. The Kier molecular flexibility index (Phi) is 5.26. The lowest BCUT2D eigenvalue weighted by Gasteiger charge is -2.25. The maximum atomic E-state index is 14.2. The first-order valence-corrected chi connectivity index (χ1v) is 9.67. The lowest BCUT2D eigenvalue weighted by molar-refractivity contribution is 0.0293. The number of nitrogens with zero attached hydrogens (tertiary/aromatic N) is 2. The summed E-state index contributed by atoms with van der Waals surface area (Å²) >= 11 is 1.56. The zero-order valence-corrected chi connectivity index (χ0v) is 15.4. The predicted octanol–water partition coefficient (Wildman–Crippen LogP) is 4.02. The van der Waals surface area contributed by atoms with Crippen LogP contribution >= 0.6 is 11.3 Å². The maximum Gasteiger partial charge on any atom is 0.141 e. The Morgan fingerprint density at radius 2 is 2.26 bits per heavy atom. The number of rotatable bonds is 4. The van der Waals surface area contributed by atoms with Gasteiger partial charge in [-0.2, -0.15) is 5.26 Å². The number of thiazole rings is 1. The molecule has 1 aliphatic rings. The SMILES string of the molecule is N#Cc1ccc(-c2cccc(CC3CNCCO3)c2-c2cncs2)cc1F. The first-order valence-electron chi connectivity index (χ1n) is 8.79. The van der Waals surface area contributed by atoms with Gasteiger partial charge in [-0.25, -0.2) is 4.39 Å². The molecule has 1 saturated heterocycles. The number of morpholine rings is 1. The lowest BCUT2D eigenvalue weighted by Crippen LogP contribution is -2.39. The topological polar surface area (TPSA) is 57.9 Å². The van der Waals surface area contributed by atoms with Crippen LogP contribution in [0, 0.1) is 17.1 Å². The van der Waals surface area contributed by atoms with Gasteiger partial charge in [0.05, 0.1) is 28.7 Å². The van der Waals surface area contributed by atoms with Crippen LogP contribution in [-0.2, 0) is 11.2 Å². The molecule has 3 aromatic rings. The molecular weight excluding hydrogens is 361 g/mol. The zero-order valence-electron chi connectivity index (χ0n) is 14.6. The van der Waals surface area contributed by atoms with Gasteiger partial charge in [-0.1, -0.05) is 24.3 Å². The average molecular weight is 379 g/mol. The second kappa shape index (κ2) is 7.97. The maximum absolute atomic E-state index is 14.2. The summed E-state index contributed by atoms with van der Waals surface area (Å²) in [6.45, 7) is 2.40. The minimum absolute atomic E-state index is 0.0518. The van der Waals surface area contributed by atoms with E-state index in [1.807, 2.05) is 24.4 Å². The van der Waals surface area contributed by atoms with Crippen molar-refractivity contribution in [2.24, 2.45) is 0 Å². The average Bonchev–Trinajstić information content (AvgIpc) is 3.23. The molecule has 0 bridgehead atoms. The molecule has 1 aliphatic heterocycles. The molecule has 6 heteroatoms. The molecule has 0 aliphatic carbocycles. The normalized spacial score (nSPS) is 16.8. The zero-order chi connectivity index (χ0) is 18.6. The summed E-state index contributed by atoms with van der Waals surface area (Å²) in [6.07, 6.45) is 2.72. The van der Waals surface area contributed by atoms with Crippen molar-refractivity contribution >= 4 is 11.3 Å². The fraction of sp³-hybridized carbons (Fsp3) is 0.238. The smallest absolute Gasteiger partial charge is 0.141 e. The van der Waals surface area contributed by atoms with Crippen LogP contribution in [0.25, 0.3) is 21.6 Å². The number of nitriles is 1. The van der Waals surface area contributed by atoms with Crippen molar-refractivity contribution < 1.29 is 9.13 Å². The molecule has 1 unspecified atom stereocenters. The van der Waals surface area contributed by atoms with Crippen molar-refractivity contribution in [3.63, 3.8) is 0 Å². The third-order valence-electron chi connectivity index (χ3n) is 4.68. The van der Waals surface area contributed by atoms with Gasteiger partial charge < -0.3 is 10.1 Å². The molecule has 0 spiro atoms. The monoisotopic (exact) mass is 379 g/mol. The van der Waals surface area contributed by atoms with Crippen LogP contribution in [0.2, 0.25) is 0 Å². The van der Waals surface area contributed by atoms with E-state index in [0.717, 1.165) is 46.6 Å². The van der Waals surface area contributed by atoms with Crippen LogP contribution in [-0.4, -0.2) is 30.8 Å². The standard InChI is InChI=1S/C21H18FN3OS/c22-19-9-14(4-5-16(19)10-23)18-3-1-2-15(8-17-11-24-6-7-26-17)21(18)20-12-25-13-27-20/h1-5,9,12-13,17,24H,6-8,11H2. The Morgan fingerprint density at radius 1 is 1.33 bits per heavy atom. The second-order valence-corrected chi connectivity index (χ2v) is 7.30. The van der Waals surface area contributed by atoms with E-state index < -0.39 is 5.82 Å². The highest BCUT2D eigenvalue weighted by Crippen LogP contribution is 2.38. The third-order valence-corrected chi connectivity index (χ3v) is 5.47. The second-order valence-electron chi connectivity index (χ2n) is 6.41. The van der Waals surface area contributed by atoms with Crippen LogP contribution < -0.4 is 5.32 Å². The van der Waals surface area contributed by atoms with Gasteiger partial charge in [0.1, 0.15) is 11.9 Å². The first kappa shape index (κ1) is 17.8. The van der Waals surface area contributed by atoms with Crippen molar-refractivity contribution in [2.75, 3.05) is 19.7 Å². The van der Waals surface area contributed by atoms with Crippen molar-refractivity contribution in [2.45, 2.75) is 12.5 Å². The fourth-order valence-corrected chi connectivity index (χ4v) is 4.13. The summed E-state index contributed by atoms with van der Waals surface area (Å²) in [5, 5.41) is 12.4. The van der Waals surface area contributed by atoms with Crippen LogP contribution in [0.4, 0.5) is 4.39 Å². The van der Waals surface area contributed by atoms with Gasteiger partial charge in [0, 0.05) is 31.3 Å². The minimum atomic E-state index is -0.504. The van der Waals surface area contributed by atoms with E-state index in [4.69, 9.17) is 10.00 Å². The van der Waals surface area contributed by atoms with Crippen molar-refractivity contribution in [1.29, 1.82) is 5.26 Å². The highest BCUT2D eigenvalue weighted by molar-refractivity contribution is 7.13. The number of aromatic nitrogens is 1. The molecule has 136 valence electrons. The summed E-state index contributed by atoms with van der Waals surface area (Å²) < 4.78 is 20.1. The summed E-state index contributed by atoms with van der Waals surface area (Å²) in [5.74, 6) is -0.504. The molecule has 0 radical (unpaired) electrons. The lowest BCUT2D eigenvalue weighted by atomic mass is 9.91. The Hall–Kier alpha value is -2.59. The molecule has 2 heterocycles. The van der Waals surface area contributed by atoms with Crippen molar-refractivity contribution in [1.82, 2.24) is 10.3 Å². The van der Waals surface area contributed by atoms with Crippen LogP contribution in [0.1, 0.15) is 11.1 Å². The third kappa shape index (κ3) is 3.76. The highest BCUT2D eigenvalue weighted by atomic mass is 32.1. The van der Waals surface area contributed by atoms with Crippen LogP contribution in [0.15, 0.2) is 48.1 Å². The van der Waals surface area contributed by atoms with Gasteiger partial charge in [0.15, 0.2) is 0 Å². The molecule has 1 atom stereocenters. The molecule has 1 fully saturated rings. The molecule has 0 saturated carbocycles. The van der Waals surface area contributed by atoms with E-state index in [0.29, 0.717) is 6.61 Å². The number of hydrogen-bond acceptors (Lipinski definition) is 5. The van der Waals surface area contributed by atoms with Crippen LogP contribution in [0.5, 0.6) is 0 Å². The van der Waals surface area contributed by atoms with Gasteiger partial charge in [0.2, 0.25) is 0 Å². The van der Waals surface area contributed by atoms with E-state index in [2.05, 4.69) is 16.4 Å². The molecule has 1 N–H and O–H groups in total. The molecular formula is C21H18FN3OS. The molecule has 0 amide bonds. The number of nitrogens with one attached hydrogen (secondary N) is 1. The minimum Gasteiger partial charge on any atom is -0.375 e.